The number of hydrogen-bond acceptors (Lipinski definition) is 5. The summed E-state index contributed by atoms with van der Waals surface area (Å²) in [5, 5.41) is 12.4. The number of allylic oxidation sites excluding steroid dienone is 1. The average molecular weight is 439 g/mol. The van der Waals surface area contributed by atoms with E-state index in [0.29, 0.717) is 12.3 Å². The maximum Gasteiger partial charge on any atom is 0.234 e. The van der Waals surface area contributed by atoms with Crippen LogP contribution in [0.3, 0.4) is 0 Å². The van der Waals surface area contributed by atoms with Gasteiger partial charge in [0.1, 0.15) is 5.82 Å². The molecule has 1 heterocycles. The van der Waals surface area contributed by atoms with Gasteiger partial charge < -0.3 is 9.88 Å². The van der Waals surface area contributed by atoms with Crippen molar-refractivity contribution in [2.24, 2.45) is 0 Å². The Morgan fingerprint density at radius 1 is 1.07 bits per heavy atom. The van der Waals surface area contributed by atoms with Crippen molar-refractivity contribution in [3.8, 4) is 0 Å². The normalized spacial score (nSPS) is 10.8. The molecular weight excluding hydrogens is 412 g/mol. The van der Waals surface area contributed by atoms with Gasteiger partial charge in [-0.05, 0) is 44.5 Å². The van der Waals surface area contributed by atoms with Crippen molar-refractivity contribution in [3.05, 3.63) is 77.6 Å². The van der Waals surface area contributed by atoms with E-state index in [2.05, 4.69) is 59.3 Å². The van der Waals surface area contributed by atoms with Gasteiger partial charge in [-0.25, -0.2) is 0 Å². The van der Waals surface area contributed by atoms with E-state index in [-0.39, 0.29) is 11.7 Å². The van der Waals surface area contributed by atoms with E-state index in [9.17, 15) is 4.79 Å². The molecular formula is C23H26N4OS2. The quantitative estimate of drug-likeness (QED) is 0.357. The van der Waals surface area contributed by atoms with E-state index >= 15 is 0 Å². The van der Waals surface area contributed by atoms with Crippen LogP contribution in [0.4, 0.5) is 5.69 Å². The molecule has 1 amide bonds. The van der Waals surface area contributed by atoms with Gasteiger partial charge in [0, 0.05) is 17.1 Å². The number of hydrogen-bond donors (Lipinski definition) is 1. The maximum atomic E-state index is 12.4. The molecule has 3 aromatic rings. The third kappa shape index (κ3) is 6.00. The molecule has 3 rings (SSSR count). The highest BCUT2D eigenvalue weighted by atomic mass is 32.2. The molecule has 7 heteroatoms. The highest BCUT2D eigenvalue weighted by Crippen LogP contribution is 2.25. The first-order valence-electron chi connectivity index (χ1n) is 9.68. The number of anilines is 1. The van der Waals surface area contributed by atoms with Crippen molar-refractivity contribution in [3.63, 3.8) is 0 Å². The zero-order valence-electron chi connectivity index (χ0n) is 17.5. The van der Waals surface area contributed by atoms with E-state index in [4.69, 9.17) is 0 Å². The molecule has 1 aromatic heterocycles. The van der Waals surface area contributed by atoms with E-state index in [1.165, 1.54) is 27.8 Å². The molecule has 0 unspecified atom stereocenters. The summed E-state index contributed by atoms with van der Waals surface area (Å²) in [5.41, 5.74) is 4.31. The third-order valence-electron chi connectivity index (χ3n) is 4.48. The van der Waals surface area contributed by atoms with Gasteiger partial charge in [0.2, 0.25) is 5.91 Å². The van der Waals surface area contributed by atoms with Gasteiger partial charge >= 0.3 is 0 Å². The van der Waals surface area contributed by atoms with Crippen LogP contribution in [-0.4, -0.2) is 26.4 Å². The van der Waals surface area contributed by atoms with Crippen LogP contribution in [0.25, 0.3) is 0 Å². The van der Waals surface area contributed by atoms with Gasteiger partial charge in [-0.3, -0.25) is 4.79 Å². The number of amides is 1. The number of aromatic nitrogens is 3. The maximum absolute atomic E-state index is 12.4. The molecule has 0 aliphatic rings. The molecule has 5 nitrogen and oxygen atoms in total. The summed E-state index contributed by atoms with van der Waals surface area (Å²) in [4.78, 5) is 13.6. The number of thioether (sulfide) groups is 2. The number of benzene rings is 2. The molecule has 0 aliphatic carbocycles. The Morgan fingerprint density at radius 3 is 2.50 bits per heavy atom. The lowest BCUT2D eigenvalue weighted by Crippen LogP contribution is -2.15. The lowest BCUT2D eigenvalue weighted by atomic mass is 10.1. The van der Waals surface area contributed by atoms with Crippen molar-refractivity contribution in [1.82, 2.24) is 14.8 Å². The van der Waals surface area contributed by atoms with Crippen LogP contribution in [0.2, 0.25) is 0 Å². The number of carbonyl (C=O) groups is 1. The third-order valence-corrected chi connectivity index (χ3v) is 6.46. The predicted octanol–water partition coefficient (Wildman–Crippen LogP) is 5.41. The number of nitrogens with zero attached hydrogens (tertiary/aromatic N) is 3. The van der Waals surface area contributed by atoms with Crippen LogP contribution in [-0.2, 0) is 17.1 Å². The Morgan fingerprint density at radius 2 is 1.80 bits per heavy atom. The lowest BCUT2D eigenvalue weighted by molar-refractivity contribution is -0.113. The molecule has 30 heavy (non-hydrogen) atoms. The van der Waals surface area contributed by atoms with E-state index in [1.807, 2.05) is 36.6 Å². The van der Waals surface area contributed by atoms with Gasteiger partial charge in [0.25, 0.3) is 0 Å². The highest BCUT2D eigenvalue weighted by Gasteiger charge is 2.14. The first-order valence-corrected chi connectivity index (χ1v) is 11.7. The minimum absolute atomic E-state index is 0.0595. The molecule has 0 radical (unpaired) electrons. The fourth-order valence-corrected chi connectivity index (χ4v) is 4.50. The first-order chi connectivity index (χ1) is 14.5. The Labute approximate surface area is 186 Å². The van der Waals surface area contributed by atoms with Crippen molar-refractivity contribution >= 4 is 35.1 Å². The van der Waals surface area contributed by atoms with Crippen molar-refractivity contribution in [2.75, 3.05) is 11.1 Å². The second-order valence-corrected chi connectivity index (χ2v) is 9.05. The van der Waals surface area contributed by atoms with E-state index in [0.717, 1.165) is 22.2 Å². The van der Waals surface area contributed by atoms with Crippen LogP contribution in [0.1, 0.15) is 22.5 Å². The van der Waals surface area contributed by atoms with Gasteiger partial charge in [-0.15, -0.1) is 28.5 Å². The summed E-state index contributed by atoms with van der Waals surface area (Å²) in [6.07, 6.45) is 1.82. The SMILES string of the molecule is C=CCn1c(CSc2ccc(C)cc2)nnc1SCC(=O)Nc1ccc(C)cc1C. The molecule has 0 bridgehead atoms. The number of rotatable bonds is 9. The van der Waals surface area contributed by atoms with Crippen LogP contribution in [0, 0.1) is 20.8 Å². The Kier molecular flexibility index (Phi) is 7.76. The van der Waals surface area contributed by atoms with Crippen molar-refractivity contribution < 1.29 is 4.79 Å². The Balaban J connectivity index is 1.61. The second kappa shape index (κ2) is 10.5. The lowest BCUT2D eigenvalue weighted by Gasteiger charge is -2.10. The largest absolute Gasteiger partial charge is 0.325 e. The number of aryl methyl sites for hydroxylation is 3. The molecule has 156 valence electrons. The van der Waals surface area contributed by atoms with Crippen LogP contribution in [0.15, 0.2) is 65.2 Å². The average Bonchev–Trinajstić information content (AvgIpc) is 3.10. The zero-order valence-corrected chi connectivity index (χ0v) is 19.1. The molecule has 0 saturated heterocycles. The molecule has 0 fully saturated rings. The van der Waals surface area contributed by atoms with E-state index < -0.39 is 0 Å². The molecule has 0 saturated carbocycles. The molecule has 2 aromatic carbocycles. The molecule has 0 spiro atoms. The minimum atomic E-state index is -0.0595. The standard InChI is InChI=1S/C23H26N4OS2/c1-5-12-27-21(14-29-19-9-6-16(2)7-10-19)25-26-23(27)30-15-22(28)24-20-11-8-17(3)13-18(20)4/h5-11,13H,1,12,14-15H2,2-4H3,(H,24,28). The predicted molar refractivity (Wildman–Crippen MR) is 126 cm³/mol. The molecule has 0 aliphatic heterocycles. The summed E-state index contributed by atoms with van der Waals surface area (Å²) < 4.78 is 2.02. The second-order valence-electron chi connectivity index (χ2n) is 7.06. The summed E-state index contributed by atoms with van der Waals surface area (Å²) in [6, 6.07) is 14.4. The minimum Gasteiger partial charge on any atom is -0.325 e. The Hall–Kier alpha value is -2.51. The van der Waals surface area contributed by atoms with Crippen molar-refractivity contribution in [1.29, 1.82) is 0 Å². The van der Waals surface area contributed by atoms with Gasteiger partial charge in [-0.1, -0.05) is 53.2 Å². The first kappa shape index (κ1) is 22.2. The Bertz CT molecular complexity index is 1030. The smallest absolute Gasteiger partial charge is 0.234 e. The van der Waals surface area contributed by atoms with Gasteiger partial charge in [-0.2, -0.15) is 0 Å². The fourth-order valence-electron chi connectivity index (χ4n) is 2.90. The van der Waals surface area contributed by atoms with Crippen LogP contribution >= 0.6 is 23.5 Å². The highest BCUT2D eigenvalue weighted by molar-refractivity contribution is 7.99. The van der Waals surface area contributed by atoms with E-state index in [1.54, 1.807) is 11.8 Å². The topological polar surface area (TPSA) is 59.8 Å². The fraction of sp³-hybridized carbons (Fsp3) is 0.261. The monoisotopic (exact) mass is 438 g/mol. The summed E-state index contributed by atoms with van der Waals surface area (Å²) in [7, 11) is 0. The van der Waals surface area contributed by atoms with Crippen molar-refractivity contribution in [2.45, 2.75) is 43.1 Å². The molecule has 1 N–H and O–H groups in total. The summed E-state index contributed by atoms with van der Waals surface area (Å²) in [6.45, 7) is 10.6. The molecule has 0 atom stereocenters. The van der Waals surface area contributed by atoms with Crippen LogP contribution in [0.5, 0.6) is 0 Å². The van der Waals surface area contributed by atoms with Gasteiger partial charge in [0.05, 0.1) is 11.5 Å². The summed E-state index contributed by atoms with van der Waals surface area (Å²) in [5.74, 6) is 1.79. The van der Waals surface area contributed by atoms with Gasteiger partial charge in [0.15, 0.2) is 5.16 Å². The van der Waals surface area contributed by atoms with Crippen LogP contribution < -0.4 is 5.32 Å². The number of carbonyl (C=O) groups excluding carboxylic acids is 1. The zero-order chi connectivity index (χ0) is 21.5. The summed E-state index contributed by atoms with van der Waals surface area (Å²) >= 11 is 3.11. The number of nitrogens with one attached hydrogen (secondary N) is 1.